The summed E-state index contributed by atoms with van der Waals surface area (Å²) in [4.78, 5) is 25.7. The molecule has 0 aliphatic carbocycles. The smallest absolute Gasteiger partial charge is 0.321 e. The van der Waals surface area contributed by atoms with E-state index < -0.39 is 0 Å². The van der Waals surface area contributed by atoms with Crippen molar-refractivity contribution >= 4 is 11.9 Å². The van der Waals surface area contributed by atoms with Gasteiger partial charge in [-0.05, 0) is 44.2 Å². The van der Waals surface area contributed by atoms with Crippen LogP contribution in [0.1, 0.15) is 27.2 Å². The van der Waals surface area contributed by atoms with Crippen LogP contribution in [0.5, 0.6) is 0 Å². The zero-order valence-corrected chi connectivity index (χ0v) is 13.3. The predicted octanol–water partition coefficient (Wildman–Crippen LogP) is 0.398. The molecule has 0 aromatic heterocycles. The molecule has 2 aliphatic rings. The highest BCUT2D eigenvalue weighted by Gasteiger charge is 2.42. The summed E-state index contributed by atoms with van der Waals surface area (Å²) in [6.07, 6.45) is 0.918. The molecule has 21 heavy (non-hydrogen) atoms. The first kappa shape index (κ1) is 16.2. The summed E-state index contributed by atoms with van der Waals surface area (Å²) in [5.74, 6) is 1.61. The van der Waals surface area contributed by atoms with Crippen LogP contribution in [0.15, 0.2) is 0 Å². The van der Waals surface area contributed by atoms with Crippen molar-refractivity contribution in [2.75, 3.05) is 32.7 Å². The minimum absolute atomic E-state index is 0.211. The molecule has 0 spiro atoms. The van der Waals surface area contributed by atoms with Crippen molar-refractivity contribution < 1.29 is 9.59 Å². The highest BCUT2D eigenvalue weighted by Crippen LogP contribution is 2.31. The van der Waals surface area contributed by atoms with Gasteiger partial charge >= 0.3 is 6.03 Å². The van der Waals surface area contributed by atoms with Gasteiger partial charge in [0.05, 0.1) is 6.54 Å². The minimum atomic E-state index is -0.380. The van der Waals surface area contributed by atoms with Crippen LogP contribution in [0, 0.1) is 17.8 Å². The highest BCUT2D eigenvalue weighted by molar-refractivity contribution is 5.95. The lowest BCUT2D eigenvalue weighted by Gasteiger charge is -2.23. The second-order valence-corrected chi connectivity index (χ2v) is 6.74. The van der Waals surface area contributed by atoms with Gasteiger partial charge in [0, 0.05) is 19.1 Å². The summed E-state index contributed by atoms with van der Waals surface area (Å²) in [6.45, 7) is 10.3. The Hall–Kier alpha value is -1.14. The van der Waals surface area contributed by atoms with E-state index in [1.165, 1.54) is 0 Å². The zero-order valence-electron chi connectivity index (χ0n) is 13.3. The summed E-state index contributed by atoms with van der Waals surface area (Å²) in [5, 5.41) is 8.54. The molecule has 2 saturated heterocycles. The number of carbonyl (C=O) groups excluding carboxylic acids is 2. The lowest BCUT2D eigenvalue weighted by Crippen LogP contribution is -2.46. The maximum absolute atomic E-state index is 11.9. The van der Waals surface area contributed by atoms with Gasteiger partial charge in [-0.1, -0.05) is 13.8 Å². The molecule has 2 rings (SSSR count). The average Bonchev–Trinajstić information content (AvgIpc) is 2.93. The van der Waals surface area contributed by atoms with Crippen molar-refractivity contribution in [2.45, 2.75) is 33.2 Å². The number of fused-ring (bicyclic) bond motifs is 1. The molecule has 0 saturated carbocycles. The number of amides is 3. The molecule has 0 aromatic rings. The highest BCUT2D eigenvalue weighted by atomic mass is 16.2. The minimum Gasteiger partial charge on any atom is -0.338 e. The van der Waals surface area contributed by atoms with Crippen LogP contribution < -0.4 is 16.0 Å². The molecule has 120 valence electrons. The van der Waals surface area contributed by atoms with Crippen LogP contribution >= 0.6 is 0 Å². The van der Waals surface area contributed by atoms with Gasteiger partial charge in [-0.15, -0.1) is 0 Å². The Morgan fingerprint density at radius 1 is 1.33 bits per heavy atom. The van der Waals surface area contributed by atoms with Crippen molar-refractivity contribution in [3.05, 3.63) is 0 Å². The molecule has 2 fully saturated rings. The normalized spacial score (nSPS) is 28.7. The van der Waals surface area contributed by atoms with Crippen LogP contribution in [0.3, 0.4) is 0 Å². The van der Waals surface area contributed by atoms with Crippen LogP contribution in [0.2, 0.25) is 0 Å². The standard InChI is InChI=1S/C15H28N4O2/c1-10(2)4-5-17-15(21)18-14(20)9-19-8-12-6-16-7-13(12)11(19)3/h10-13,16H,4-9H2,1-3H3,(H2,17,18,20,21). The maximum Gasteiger partial charge on any atom is 0.321 e. The van der Waals surface area contributed by atoms with E-state index in [0.717, 1.165) is 26.1 Å². The van der Waals surface area contributed by atoms with E-state index in [9.17, 15) is 9.59 Å². The summed E-state index contributed by atoms with van der Waals surface area (Å²) in [5.41, 5.74) is 0. The molecule has 3 amide bonds. The van der Waals surface area contributed by atoms with Crippen molar-refractivity contribution in [1.29, 1.82) is 0 Å². The molecule has 3 atom stereocenters. The van der Waals surface area contributed by atoms with Crippen molar-refractivity contribution in [2.24, 2.45) is 17.8 Å². The molecule has 0 bridgehead atoms. The topological polar surface area (TPSA) is 73.5 Å². The van der Waals surface area contributed by atoms with Gasteiger partial charge in [0.15, 0.2) is 0 Å². The third-order valence-corrected chi connectivity index (χ3v) is 4.66. The molecule has 0 aromatic carbocycles. The second-order valence-electron chi connectivity index (χ2n) is 6.74. The molecule has 3 N–H and O–H groups in total. The van der Waals surface area contributed by atoms with E-state index in [4.69, 9.17) is 0 Å². The summed E-state index contributed by atoms with van der Waals surface area (Å²) >= 11 is 0. The lowest BCUT2D eigenvalue weighted by molar-refractivity contribution is -0.121. The van der Waals surface area contributed by atoms with E-state index in [1.807, 2.05) is 0 Å². The number of imide groups is 1. The lowest BCUT2D eigenvalue weighted by atomic mass is 9.95. The number of hydrogen-bond donors (Lipinski definition) is 3. The number of nitrogens with zero attached hydrogens (tertiary/aromatic N) is 1. The summed E-state index contributed by atoms with van der Waals surface area (Å²) in [7, 11) is 0. The monoisotopic (exact) mass is 296 g/mol. The molecule has 2 heterocycles. The molecular weight excluding hydrogens is 268 g/mol. The van der Waals surface area contributed by atoms with Gasteiger partial charge in [0.2, 0.25) is 5.91 Å². The third-order valence-electron chi connectivity index (χ3n) is 4.66. The Bertz CT molecular complexity index is 386. The number of rotatable bonds is 5. The molecule has 3 unspecified atom stereocenters. The number of carbonyl (C=O) groups is 2. The van der Waals surface area contributed by atoms with Crippen LogP contribution in [-0.4, -0.2) is 55.6 Å². The second kappa shape index (κ2) is 7.22. The van der Waals surface area contributed by atoms with Gasteiger partial charge in [0.1, 0.15) is 0 Å². The number of urea groups is 1. The van der Waals surface area contributed by atoms with Crippen LogP contribution in [-0.2, 0) is 4.79 Å². The van der Waals surface area contributed by atoms with Gasteiger partial charge < -0.3 is 10.6 Å². The molecular formula is C15H28N4O2. The van der Waals surface area contributed by atoms with Gasteiger partial charge in [-0.2, -0.15) is 0 Å². The first-order valence-electron chi connectivity index (χ1n) is 7.99. The van der Waals surface area contributed by atoms with E-state index in [-0.39, 0.29) is 11.9 Å². The quantitative estimate of drug-likeness (QED) is 0.686. The fraction of sp³-hybridized carbons (Fsp3) is 0.867. The van der Waals surface area contributed by atoms with Crippen LogP contribution in [0.25, 0.3) is 0 Å². The van der Waals surface area contributed by atoms with Crippen molar-refractivity contribution in [1.82, 2.24) is 20.9 Å². The summed E-state index contributed by atoms with van der Waals surface area (Å²) < 4.78 is 0. The SMILES string of the molecule is CC(C)CCNC(=O)NC(=O)CN1CC2CNCC2C1C. The third kappa shape index (κ3) is 4.41. The number of nitrogens with one attached hydrogen (secondary N) is 3. The van der Waals surface area contributed by atoms with E-state index in [1.54, 1.807) is 0 Å². The largest absolute Gasteiger partial charge is 0.338 e. The van der Waals surface area contributed by atoms with Crippen LogP contribution in [0.4, 0.5) is 4.79 Å². The van der Waals surface area contributed by atoms with E-state index in [2.05, 4.69) is 41.6 Å². The van der Waals surface area contributed by atoms with Gasteiger partial charge in [-0.25, -0.2) is 4.79 Å². The Labute approximate surface area is 127 Å². The summed E-state index contributed by atoms with van der Waals surface area (Å²) in [6, 6.07) is 0.0223. The molecule has 0 radical (unpaired) electrons. The number of likely N-dealkylation sites (tertiary alicyclic amines) is 1. The zero-order chi connectivity index (χ0) is 15.4. The van der Waals surface area contributed by atoms with Crippen molar-refractivity contribution in [3.63, 3.8) is 0 Å². The van der Waals surface area contributed by atoms with Gasteiger partial charge in [0.25, 0.3) is 0 Å². The fourth-order valence-corrected chi connectivity index (χ4v) is 3.33. The van der Waals surface area contributed by atoms with Crippen molar-refractivity contribution in [3.8, 4) is 0 Å². The Morgan fingerprint density at radius 2 is 2.10 bits per heavy atom. The average molecular weight is 296 g/mol. The van der Waals surface area contributed by atoms with Gasteiger partial charge in [-0.3, -0.25) is 15.0 Å². The van der Waals surface area contributed by atoms with E-state index >= 15 is 0 Å². The Balaban J connectivity index is 1.69. The Morgan fingerprint density at radius 3 is 2.76 bits per heavy atom. The molecule has 6 heteroatoms. The first-order valence-corrected chi connectivity index (χ1v) is 7.99. The molecule has 2 aliphatic heterocycles. The number of hydrogen-bond acceptors (Lipinski definition) is 4. The molecule has 6 nitrogen and oxygen atoms in total. The first-order chi connectivity index (χ1) is 9.97. The predicted molar refractivity (Wildman–Crippen MR) is 81.9 cm³/mol. The Kier molecular flexibility index (Phi) is 5.58. The maximum atomic E-state index is 11.9. The fourth-order valence-electron chi connectivity index (χ4n) is 3.33. The van der Waals surface area contributed by atoms with E-state index in [0.29, 0.717) is 36.9 Å².